The van der Waals surface area contributed by atoms with Gasteiger partial charge in [-0.25, -0.2) is 0 Å². The maximum Gasteiger partial charge on any atom is 0.274 e. The van der Waals surface area contributed by atoms with Crippen LogP contribution in [0.2, 0.25) is 0 Å². The summed E-state index contributed by atoms with van der Waals surface area (Å²) < 4.78 is 7.70. The fourth-order valence-corrected chi connectivity index (χ4v) is 3.87. The van der Waals surface area contributed by atoms with Crippen molar-refractivity contribution in [1.29, 1.82) is 0 Å². The van der Waals surface area contributed by atoms with Crippen LogP contribution in [0.4, 0.5) is 0 Å². The fraction of sp³-hybridized carbons (Fsp3) is 0.765. The predicted molar refractivity (Wildman–Crippen MR) is 89.9 cm³/mol. The minimum Gasteiger partial charge on any atom is -0.377 e. The van der Waals surface area contributed by atoms with Crippen molar-refractivity contribution in [3.8, 4) is 0 Å². The second-order valence-electron chi connectivity index (χ2n) is 7.21. The van der Waals surface area contributed by atoms with Crippen LogP contribution in [0.25, 0.3) is 0 Å². The van der Waals surface area contributed by atoms with Crippen molar-refractivity contribution < 1.29 is 9.53 Å². The first-order valence-electron chi connectivity index (χ1n) is 9.07. The van der Waals surface area contributed by atoms with Crippen molar-refractivity contribution in [2.75, 3.05) is 52.9 Å². The third-order valence-electron chi connectivity index (χ3n) is 5.35. The van der Waals surface area contributed by atoms with Crippen molar-refractivity contribution in [3.05, 3.63) is 17.5 Å². The lowest BCUT2D eigenvalue weighted by Gasteiger charge is -2.35. The summed E-state index contributed by atoms with van der Waals surface area (Å²) in [4.78, 5) is 19.4. The molecule has 132 valence electrons. The lowest BCUT2D eigenvalue weighted by molar-refractivity contribution is 0.0429. The molecule has 4 heterocycles. The van der Waals surface area contributed by atoms with Gasteiger partial charge in [-0.3, -0.25) is 19.3 Å². The van der Waals surface area contributed by atoms with E-state index in [1.54, 1.807) is 0 Å². The first-order chi connectivity index (χ1) is 11.7. The van der Waals surface area contributed by atoms with Crippen LogP contribution in [0.1, 0.15) is 29.0 Å². The Morgan fingerprint density at radius 1 is 1.25 bits per heavy atom. The summed E-state index contributed by atoms with van der Waals surface area (Å²) >= 11 is 0. The Bertz CT molecular complexity index is 588. The molecule has 7 nitrogen and oxygen atoms in total. The number of aromatic nitrogens is 2. The van der Waals surface area contributed by atoms with Crippen molar-refractivity contribution >= 4 is 5.91 Å². The highest BCUT2D eigenvalue weighted by Crippen LogP contribution is 2.17. The van der Waals surface area contributed by atoms with Crippen LogP contribution in [-0.2, 0) is 17.8 Å². The summed E-state index contributed by atoms with van der Waals surface area (Å²) in [5.41, 5.74) is 1.75. The van der Waals surface area contributed by atoms with E-state index in [0.717, 1.165) is 64.7 Å². The highest BCUT2D eigenvalue weighted by Gasteiger charge is 2.27. The number of hydrogen-bond acceptors (Lipinski definition) is 5. The molecule has 1 atom stereocenters. The zero-order chi connectivity index (χ0) is 16.5. The third-order valence-corrected chi connectivity index (χ3v) is 5.35. The number of carbonyl (C=O) groups excluding carboxylic acids is 1. The van der Waals surface area contributed by atoms with Crippen LogP contribution < -0.4 is 0 Å². The molecule has 1 amide bonds. The predicted octanol–water partition coefficient (Wildman–Crippen LogP) is 0.265. The number of ether oxygens (including phenoxy) is 1. The number of nitrogens with zero attached hydrogens (tertiary/aromatic N) is 5. The molecule has 0 radical (unpaired) electrons. The quantitative estimate of drug-likeness (QED) is 0.795. The Hall–Kier alpha value is -1.44. The molecule has 0 N–H and O–H groups in total. The van der Waals surface area contributed by atoms with Gasteiger partial charge in [-0.2, -0.15) is 5.10 Å². The Morgan fingerprint density at radius 3 is 2.83 bits per heavy atom. The summed E-state index contributed by atoms with van der Waals surface area (Å²) in [6, 6.07) is 1.97. The topological polar surface area (TPSA) is 53.8 Å². The van der Waals surface area contributed by atoms with E-state index in [4.69, 9.17) is 4.74 Å². The highest BCUT2D eigenvalue weighted by molar-refractivity contribution is 5.92. The molecule has 1 aromatic rings. The SMILES string of the molecule is CN1CCn2nc(C(=O)N3CCN(CC4CCCO4)CC3)cc2C1. The lowest BCUT2D eigenvalue weighted by atomic mass is 10.2. The number of piperazine rings is 1. The molecule has 1 aromatic heterocycles. The molecule has 2 fully saturated rings. The molecule has 4 rings (SSSR count). The molecular weight excluding hydrogens is 306 g/mol. The minimum absolute atomic E-state index is 0.0799. The Kier molecular flexibility index (Phi) is 4.56. The van der Waals surface area contributed by atoms with E-state index in [9.17, 15) is 4.79 Å². The summed E-state index contributed by atoms with van der Waals surface area (Å²) in [6.07, 6.45) is 2.75. The minimum atomic E-state index is 0.0799. The van der Waals surface area contributed by atoms with Crippen molar-refractivity contribution in [1.82, 2.24) is 24.5 Å². The lowest BCUT2D eigenvalue weighted by Crippen LogP contribution is -2.50. The maximum atomic E-state index is 12.7. The second-order valence-corrected chi connectivity index (χ2v) is 7.21. The molecule has 1 unspecified atom stereocenters. The van der Waals surface area contributed by atoms with Crippen LogP contribution in [0, 0.1) is 0 Å². The van der Waals surface area contributed by atoms with Crippen LogP contribution in [0.3, 0.4) is 0 Å². The van der Waals surface area contributed by atoms with E-state index in [0.29, 0.717) is 11.8 Å². The maximum absolute atomic E-state index is 12.7. The van der Waals surface area contributed by atoms with Gasteiger partial charge in [0.2, 0.25) is 0 Å². The largest absolute Gasteiger partial charge is 0.377 e. The molecular formula is C17H27N5O2. The first kappa shape index (κ1) is 16.1. The number of likely N-dealkylation sites (N-methyl/N-ethyl adjacent to an activating group) is 1. The Labute approximate surface area is 143 Å². The number of carbonyl (C=O) groups is 1. The van der Waals surface area contributed by atoms with Gasteiger partial charge in [-0.15, -0.1) is 0 Å². The Balaban J connectivity index is 1.33. The van der Waals surface area contributed by atoms with Gasteiger partial charge in [0.1, 0.15) is 0 Å². The summed E-state index contributed by atoms with van der Waals surface area (Å²) in [7, 11) is 2.10. The van der Waals surface area contributed by atoms with Gasteiger partial charge in [0.25, 0.3) is 5.91 Å². The number of hydrogen-bond donors (Lipinski definition) is 0. The average Bonchev–Trinajstić information content (AvgIpc) is 3.24. The molecule has 0 saturated carbocycles. The van der Waals surface area contributed by atoms with Crippen LogP contribution in [0.15, 0.2) is 6.07 Å². The molecule has 2 saturated heterocycles. The van der Waals surface area contributed by atoms with Gasteiger partial charge in [-0.05, 0) is 26.0 Å². The number of amides is 1. The molecule has 0 bridgehead atoms. The van der Waals surface area contributed by atoms with Gasteiger partial charge in [0.15, 0.2) is 5.69 Å². The molecule has 3 aliphatic rings. The van der Waals surface area contributed by atoms with Gasteiger partial charge in [0, 0.05) is 52.4 Å². The summed E-state index contributed by atoms with van der Waals surface area (Å²) in [5, 5.41) is 4.53. The van der Waals surface area contributed by atoms with Gasteiger partial charge < -0.3 is 9.64 Å². The normalized spacial score (nSPS) is 25.9. The van der Waals surface area contributed by atoms with Crippen molar-refractivity contribution in [2.24, 2.45) is 0 Å². The first-order valence-corrected chi connectivity index (χ1v) is 9.07. The highest BCUT2D eigenvalue weighted by atomic mass is 16.5. The second kappa shape index (κ2) is 6.82. The third kappa shape index (κ3) is 3.34. The Morgan fingerprint density at radius 2 is 2.08 bits per heavy atom. The smallest absolute Gasteiger partial charge is 0.274 e. The van der Waals surface area contributed by atoms with E-state index in [-0.39, 0.29) is 5.91 Å². The zero-order valence-corrected chi connectivity index (χ0v) is 14.5. The molecule has 7 heteroatoms. The zero-order valence-electron chi connectivity index (χ0n) is 14.5. The average molecular weight is 333 g/mol. The number of fused-ring (bicyclic) bond motifs is 1. The number of rotatable bonds is 3. The van der Waals surface area contributed by atoms with E-state index in [1.807, 2.05) is 15.6 Å². The molecule has 0 aliphatic carbocycles. The standard InChI is InChI=1S/C17H27N5O2/c1-19-4-9-22-14(12-19)11-16(18-22)17(23)21-7-5-20(6-8-21)13-15-3-2-10-24-15/h11,15H,2-10,12-13H2,1H3. The van der Waals surface area contributed by atoms with Crippen molar-refractivity contribution in [2.45, 2.75) is 32.0 Å². The van der Waals surface area contributed by atoms with Crippen LogP contribution in [0.5, 0.6) is 0 Å². The van der Waals surface area contributed by atoms with E-state index in [1.165, 1.54) is 12.8 Å². The van der Waals surface area contributed by atoms with Gasteiger partial charge in [0.05, 0.1) is 18.3 Å². The molecule has 0 spiro atoms. The van der Waals surface area contributed by atoms with Crippen LogP contribution >= 0.6 is 0 Å². The van der Waals surface area contributed by atoms with Gasteiger partial charge >= 0.3 is 0 Å². The molecule has 24 heavy (non-hydrogen) atoms. The monoisotopic (exact) mass is 333 g/mol. The van der Waals surface area contributed by atoms with E-state index in [2.05, 4.69) is 21.9 Å². The molecule has 3 aliphatic heterocycles. The summed E-state index contributed by atoms with van der Waals surface area (Å²) in [6.45, 7) is 8.08. The fourth-order valence-electron chi connectivity index (χ4n) is 3.87. The van der Waals surface area contributed by atoms with Crippen LogP contribution in [-0.4, -0.2) is 89.4 Å². The summed E-state index contributed by atoms with van der Waals surface area (Å²) in [5.74, 6) is 0.0799. The van der Waals surface area contributed by atoms with E-state index >= 15 is 0 Å². The van der Waals surface area contributed by atoms with Gasteiger partial charge in [-0.1, -0.05) is 0 Å². The van der Waals surface area contributed by atoms with Crippen molar-refractivity contribution in [3.63, 3.8) is 0 Å². The van der Waals surface area contributed by atoms with E-state index < -0.39 is 0 Å². The molecule has 0 aromatic carbocycles.